The number of hydrogen-bond donors (Lipinski definition) is 1. The van der Waals surface area contributed by atoms with E-state index in [1.165, 1.54) is 6.20 Å². The Kier molecular flexibility index (Phi) is 5.54. The van der Waals surface area contributed by atoms with Crippen molar-refractivity contribution in [3.8, 4) is 0 Å². The molecule has 2 aromatic heterocycles. The Morgan fingerprint density at radius 1 is 1.44 bits per heavy atom. The van der Waals surface area contributed by atoms with Crippen LogP contribution in [0.25, 0.3) is 0 Å². The molecule has 3 heterocycles. The minimum atomic E-state index is -0.612. The predicted octanol–water partition coefficient (Wildman–Crippen LogP) is 4.15. The van der Waals surface area contributed by atoms with Crippen LogP contribution in [0.15, 0.2) is 34.4 Å². The highest BCUT2D eigenvalue weighted by atomic mass is 79.9. The molecule has 7 heteroatoms. The number of nitrogens with zero attached hydrogens (tertiary/aromatic N) is 2. The third-order valence-electron chi connectivity index (χ3n) is 4.50. The minimum absolute atomic E-state index is 0.0308. The van der Waals surface area contributed by atoms with Crippen molar-refractivity contribution < 1.29 is 9.59 Å². The lowest BCUT2D eigenvalue weighted by atomic mass is 9.89. The molecule has 1 saturated heterocycles. The van der Waals surface area contributed by atoms with Crippen LogP contribution in [0.1, 0.15) is 36.2 Å². The quantitative estimate of drug-likeness (QED) is 0.584. The molecule has 2 amide bonds. The zero-order chi connectivity index (χ0) is 18.0. The molecule has 0 saturated carbocycles. The molecule has 132 valence electrons. The lowest BCUT2D eigenvalue weighted by molar-refractivity contribution is -0.146. The molecule has 0 aliphatic carbocycles. The number of pyridine rings is 1. The van der Waals surface area contributed by atoms with Gasteiger partial charge in [0.1, 0.15) is 4.60 Å². The maximum Gasteiger partial charge on any atom is 0.313 e. The van der Waals surface area contributed by atoms with E-state index in [0.717, 1.165) is 27.9 Å². The van der Waals surface area contributed by atoms with E-state index in [4.69, 9.17) is 0 Å². The molecule has 0 aromatic carbocycles. The predicted molar refractivity (Wildman–Crippen MR) is 102 cm³/mol. The Labute approximate surface area is 159 Å². The first kappa shape index (κ1) is 18.1. The molecule has 3 rings (SSSR count). The minimum Gasteiger partial charge on any atom is -0.326 e. The van der Waals surface area contributed by atoms with Gasteiger partial charge in [0.25, 0.3) is 0 Å². The second kappa shape index (κ2) is 7.66. The van der Waals surface area contributed by atoms with Gasteiger partial charge >= 0.3 is 11.8 Å². The van der Waals surface area contributed by atoms with Gasteiger partial charge in [-0.1, -0.05) is 13.0 Å². The normalized spacial score (nSPS) is 20.4. The van der Waals surface area contributed by atoms with E-state index in [2.05, 4.69) is 33.2 Å². The van der Waals surface area contributed by atoms with Crippen molar-refractivity contribution in [1.29, 1.82) is 0 Å². The van der Waals surface area contributed by atoms with Gasteiger partial charge < -0.3 is 10.2 Å². The first-order valence-electron chi connectivity index (χ1n) is 8.25. The number of thiophene rings is 1. The summed E-state index contributed by atoms with van der Waals surface area (Å²) < 4.78 is 0.722. The Bertz CT molecular complexity index is 779. The molecule has 2 aromatic rings. The first-order valence-corrected chi connectivity index (χ1v) is 9.92. The van der Waals surface area contributed by atoms with Crippen molar-refractivity contribution in [3.63, 3.8) is 0 Å². The number of carbonyl (C=O) groups is 2. The van der Waals surface area contributed by atoms with Crippen LogP contribution in [0.2, 0.25) is 0 Å². The van der Waals surface area contributed by atoms with Crippen LogP contribution in [0, 0.1) is 12.8 Å². The molecule has 1 N–H and O–H groups in total. The molecule has 1 aliphatic heterocycles. The highest BCUT2D eigenvalue weighted by molar-refractivity contribution is 9.10. The lowest BCUT2D eigenvalue weighted by Gasteiger charge is -2.39. The summed E-state index contributed by atoms with van der Waals surface area (Å²) in [5.74, 6) is -0.759. The number of anilines is 1. The second-order valence-electron chi connectivity index (χ2n) is 6.36. The number of hydrogen-bond acceptors (Lipinski definition) is 4. The molecular weight excluding hydrogens is 402 g/mol. The number of aromatic nitrogens is 1. The number of amides is 2. The summed E-state index contributed by atoms with van der Waals surface area (Å²) >= 11 is 4.96. The topological polar surface area (TPSA) is 62.3 Å². The van der Waals surface area contributed by atoms with E-state index < -0.39 is 11.8 Å². The zero-order valence-electron chi connectivity index (χ0n) is 14.2. The van der Waals surface area contributed by atoms with Crippen LogP contribution in [0.5, 0.6) is 0 Å². The van der Waals surface area contributed by atoms with Crippen LogP contribution < -0.4 is 5.32 Å². The summed E-state index contributed by atoms with van der Waals surface area (Å²) in [5, 5.41) is 4.69. The molecule has 0 radical (unpaired) electrons. The average molecular weight is 422 g/mol. The number of piperidine rings is 1. The van der Waals surface area contributed by atoms with Gasteiger partial charge in [-0.2, -0.15) is 0 Å². The number of halogens is 1. The first-order chi connectivity index (χ1) is 12.0. The van der Waals surface area contributed by atoms with Crippen molar-refractivity contribution in [2.24, 2.45) is 5.92 Å². The van der Waals surface area contributed by atoms with Crippen LogP contribution in [0.4, 0.5) is 5.69 Å². The largest absolute Gasteiger partial charge is 0.326 e. The van der Waals surface area contributed by atoms with Crippen molar-refractivity contribution in [1.82, 2.24) is 9.88 Å². The van der Waals surface area contributed by atoms with Crippen LogP contribution in [-0.4, -0.2) is 28.2 Å². The summed E-state index contributed by atoms with van der Waals surface area (Å²) in [6, 6.07) is 5.78. The summed E-state index contributed by atoms with van der Waals surface area (Å²) in [4.78, 5) is 32.3. The van der Waals surface area contributed by atoms with E-state index in [-0.39, 0.29) is 6.04 Å². The van der Waals surface area contributed by atoms with Crippen molar-refractivity contribution >= 4 is 44.8 Å². The Hall–Kier alpha value is -1.73. The van der Waals surface area contributed by atoms with Gasteiger partial charge in [0.2, 0.25) is 0 Å². The average Bonchev–Trinajstić information content (AvgIpc) is 3.11. The van der Waals surface area contributed by atoms with Crippen LogP contribution in [0.3, 0.4) is 0 Å². The monoisotopic (exact) mass is 421 g/mol. The highest BCUT2D eigenvalue weighted by Gasteiger charge is 2.36. The molecule has 0 bridgehead atoms. The van der Waals surface area contributed by atoms with Gasteiger partial charge in [0, 0.05) is 11.4 Å². The molecule has 25 heavy (non-hydrogen) atoms. The van der Waals surface area contributed by atoms with E-state index in [1.807, 2.05) is 24.4 Å². The summed E-state index contributed by atoms with van der Waals surface area (Å²) in [6.07, 6.45) is 3.52. The highest BCUT2D eigenvalue weighted by Crippen LogP contribution is 2.37. The van der Waals surface area contributed by atoms with Crippen molar-refractivity contribution in [2.45, 2.75) is 32.7 Å². The van der Waals surface area contributed by atoms with Gasteiger partial charge in [-0.05, 0) is 64.7 Å². The standard InChI is InChI=1S/C18H20BrN3O2S/c1-11-5-3-7-22(15(11)14-6-4-8-25-14)18(24)17(23)21-13-9-12(2)16(19)20-10-13/h4,6,8-11,15H,3,5,7H2,1-2H3,(H,21,23). The van der Waals surface area contributed by atoms with Gasteiger partial charge in [-0.15, -0.1) is 11.3 Å². The second-order valence-corrected chi connectivity index (χ2v) is 8.09. The molecule has 5 nitrogen and oxygen atoms in total. The molecular formula is C18H20BrN3O2S. The van der Waals surface area contributed by atoms with Gasteiger partial charge in [-0.3, -0.25) is 9.59 Å². The maximum atomic E-state index is 12.8. The Morgan fingerprint density at radius 3 is 2.92 bits per heavy atom. The molecule has 2 atom stereocenters. The van der Waals surface area contributed by atoms with Crippen molar-refractivity contribution in [3.05, 3.63) is 44.8 Å². The molecule has 1 fully saturated rings. The smallest absolute Gasteiger partial charge is 0.313 e. The number of likely N-dealkylation sites (tertiary alicyclic amines) is 1. The van der Waals surface area contributed by atoms with Crippen molar-refractivity contribution in [2.75, 3.05) is 11.9 Å². The number of carbonyl (C=O) groups excluding carboxylic acids is 2. The van der Waals surface area contributed by atoms with E-state index >= 15 is 0 Å². The fraction of sp³-hybridized carbons (Fsp3) is 0.389. The third-order valence-corrected chi connectivity index (χ3v) is 6.27. The zero-order valence-corrected chi connectivity index (χ0v) is 16.6. The number of nitrogens with one attached hydrogen (secondary N) is 1. The van der Waals surface area contributed by atoms with Gasteiger partial charge in [-0.25, -0.2) is 4.98 Å². The molecule has 0 spiro atoms. The Balaban J connectivity index is 1.77. The van der Waals surface area contributed by atoms with Crippen LogP contribution >= 0.6 is 27.3 Å². The fourth-order valence-electron chi connectivity index (χ4n) is 3.25. The lowest BCUT2D eigenvalue weighted by Crippen LogP contribution is -2.46. The number of aryl methyl sites for hydroxylation is 1. The van der Waals surface area contributed by atoms with Gasteiger partial charge in [0.15, 0.2) is 0 Å². The van der Waals surface area contributed by atoms with E-state index in [9.17, 15) is 9.59 Å². The number of rotatable bonds is 2. The van der Waals surface area contributed by atoms with Gasteiger partial charge in [0.05, 0.1) is 17.9 Å². The third kappa shape index (κ3) is 3.93. The van der Waals surface area contributed by atoms with E-state index in [1.54, 1.807) is 22.3 Å². The maximum absolute atomic E-state index is 12.8. The Morgan fingerprint density at radius 2 is 2.24 bits per heavy atom. The summed E-state index contributed by atoms with van der Waals surface area (Å²) in [5.41, 5.74) is 1.42. The SMILES string of the molecule is Cc1cc(NC(=O)C(=O)N2CCCC(C)C2c2cccs2)cnc1Br. The summed E-state index contributed by atoms with van der Waals surface area (Å²) in [6.45, 7) is 4.63. The fourth-order valence-corrected chi connectivity index (χ4v) is 4.44. The van der Waals surface area contributed by atoms with Crippen LogP contribution in [-0.2, 0) is 9.59 Å². The molecule has 2 unspecified atom stereocenters. The van der Waals surface area contributed by atoms with E-state index in [0.29, 0.717) is 18.2 Å². The molecule has 1 aliphatic rings. The summed E-state index contributed by atoms with van der Waals surface area (Å²) in [7, 11) is 0.